The maximum absolute atomic E-state index is 5.40. The van der Waals surface area contributed by atoms with Crippen LogP contribution in [0.1, 0.15) is 16.7 Å². The molecular formula is C12H16ClN3. The average Bonchev–Trinajstić information content (AvgIpc) is 2.20. The second-order valence-corrected chi connectivity index (χ2v) is 3.93. The Morgan fingerprint density at radius 2 is 1.56 bits per heavy atom. The van der Waals surface area contributed by atoms with Crippen molar-refractivity contribution in [2.45, 2.75) is 20.8 Å². The van der Waals surface area contributed by atoms with Gasteiger partial charge in [-0.2, -0.15) is 0 Å². The van der Waals surface area contributed by atoms with Crippen molar-refractivity contribution in [2.24, 2.45) is 5.84 Å². The molecule has 0 atom stereocenters. The summed E-state index contributed by atoms with van der Waals surface area (Å²) in [6, 6.07) is 6.35. The Morgan fingerprint density at radius 3 is 2.19 bits per heavy atom. The largest absolute Gasteiger partial charge is 0.308 e. The van der Waals surface area contributed by atoms with Crippen molar-refractivity contribution >= 4 is 29.1 Å². The molecule has 0 saturated heterocycles. The van der Waals surface area contributed by atoms with Gasteiger partial charge in [-0.25, -0.2) is 10.8 Å². The lowest BCUT2D eigenvalue weighted by molar-refractivity contribution is 1.22. The van der Waals surface area contributed by atoms with Crippen molar-refractivity contribution in [2.75, 3.05) is 5.43 Å². The van der Waals surface area contributed by atoms with E-state index in [1.54, 1.807) is 0 Å². The van der Waals surface area contributed by atoms with Gasteiger partial charge in [-0.1, -0.05) is 0 Å². The molecule has 2 rings (SSSR count). The average molecular weight is 238 g/mol. The number of aromatic nitrogens is 1. The first-order valence-electron chi connectivity index (χ1n) is 4.97. The van der Waals surface area contributed by atoms with E-state index in [2.05, 4.69) is 42.5 Å². The molecular weight excluding hydrogens is 222 g/mol. The van der Waals surface area contributed by atoms with E-state index in [0.29, 0.717) is 0 Å². The van der Waals surface area contributed by atoms with E-state index in [1.807, 2.05) is 6.92 Å². The van der Waals surface area contributed by atoms with E-state index in [0.717, 1.165) is 22.3 Å². The van der Waals surface area contributed by atoms with Gasteiger partial charge in [0.25, 0.3) is 0 Å². The summed E-state index contributed by atoms with van der Waals surface area (Å²) in [4.78, 5) is 4.46. The maximum Gasteiger partial charge on any atom is 0.143 e. The number of nitrogens with one attached hydrogen (secondary N) is 1. The van der Waals surface area contributed by atoms with Crippen LogP contribution < -0.4 is 11.3 Å². The van der Waals surface area contributed by atoms with Gasteiger partial charge in [0.05, 0.1) is 5.52 Å². The Balaban J connectivity index is 0.00000128. The quantitative estimate of drug-likeness (QED) is 0.592. The third-order valence-corrected chi connectivity index (χ3v) is 2.76. The maximum atomic E-state index is 5.40. The molecule has 0 fully saturated rings. The highest BCUT2D eigenvalue weighted by atomic mass is 35.5. The first kappa shape index (κ1) is 12.7. The molecule has 0 bridgehead atoms. The minimum absolute atomic E-state index is 0. The summed E-state index contributed by atoms with van der Waals surface area (Å²) in [5.74, 6) is 6.14. The Labute approximate surface area is 101 Å². The van der Waals surface area contributed by atoms with Crippen LogP contribution in [0.5, 0.6) is 0 Å². The van der Waals surface area contributed by atoms with Crippen molar-refractivity contribution in [1.82, 2.24) is 4.98 Å². The van der Waals surface area contributed by atoms with E-state index < -0.39 is 0 Å². The van der Waals surface area contributed by atoms with Crippen LogP contribution in [0.4, 0.5) is 5.82 Å². The highest BCUT2D eigenvalue weighted by Crippen LogP contribution is 2.22. The minimum Gasteiger partial charge on any atom is -0.308 e. The number of halogens is 1. The van der Waals surface area contributed by atoms with Gasteiger partial charge in [-0.15, -0.1) is 12.4 Å². The van der Waals surface area contributed by atoms with Gasteiger partial charge in [0.15, 0.2) is 0 Å². The fourth-order valence-electron chi connectivity index (χ4n) is 1.69. The van der Waals surface area contributed by atoms with Gasteiger partial charge < -0.3 is 5.43 Å². The SMILES string of the molecule is Cc1cc2cc(C)c(NN)nc2cc1C.Cl. The molecule has 4 heteroatoms. The number of rotatable bonds is 1. The third kappa shape index (κ3) is 2.10. The van der Waals surface area contributed by atoms with E-state index in [-0.39, 0.29) is 12.4 Å². The van der Waals surface area contributed by atoms with Gasteiger partial charge >= 0.3 is 0 Å². The summed E-state index contributed by atoms with van der Waals surface area (Å²) in [6.45, 7) is 6.20. The van der Waals surface area contributed by atoms with Gasteiger partial charge in [-0.05, 0) is 55.7 Å². The number of anilines is 1. The Hall–Kier alpha value is -1.32. The number of nitrogens with zero attached hydrogens (tertiary/aromatic N) is 1. The zero-order valence-electron chi connectivity index (χ0n) is 9.66. The highest BCUT2D eigenvalue weighted by Gasteiger charge is 2.03. The van der Waals surface area contributed by atoms with Gasteiger partial charge in [0.2, 0.25) is 0 Å². The first-order chi connectivity index (χ1) is 7.11. The predicted molar refractivity (Wildman–Crippen MR) is 71.0 cm³/mol. The topological polar surface area (TPSA) is 50.9 Å². The van der Waals surface area contributed by atoms with Gasteiger partial charge in [0.1, 0.15) is 5.82 Å². The number of benzene rings is 1. The summed E-state index contributed by atoms with van der Waals surface area (Å²) in [5, 5.41) is 1.16. The Morgan fingerprint density at radius 1 is 1.00 bits per heavy atom. The summed E-state index contributed by atoms with van der Waals surface area (Å²) in [6.07, 6.45) is 0. The fraction of sp³-hybridized carbons (Fsp3) is 0.250. The molecule has 0 aliphatic carbocycles. The van der Waals surface area contributed by atoms with Crippen molar-refractivity contribution in [3.05, 3.63) is 34.9 Å². The summed E-state index contributed by atoms with van der Waals surface area (Å²) < 4.78 is 0. The van der Waals surface area contributed by atoms with Crippen LogP contribution in [0.2, 0.25) is 0 Å². The van der Waals surface area contributed by atoms with E-state index in [9.17, 15) is 0 Å². The number of aryl methyl sites for hydroxylation is 3. The van der Waals surface area contributed by atoms with Crippen LogP contribution in [0, 0.1) is 20.8 Å². The lowest BCUT2D eigenvalue weighted by atomic mass is 10.1. The molecule has 0 saturated carbocycles. The molecule has 0 radical (unpaired) electrons. The molecule has 16 heavy (non-hydrogen) atoms. The second-order valence-electron chi connectivity index (χ2n) is 3.93. The van der Waals surface area contributed by atoms with Crippen LogP contribution in [0.15, 0.2) is 18.2 Å². The van der Waals surface area contributed by atoms with Crippen molar-refractivity contribution in [3.8, 4) is 0 Å². The summed E-state index contributed by atoms with van der Waals surface area (Å²) >= 11 is 0. The molecule has 3 N–H and O–H groups in total. The number of pyridine rings is 1. The number of hydrazine groups is 1. The Bertz CT molecular complexity index is 523. The molecule has 0 amide bonds. The molecule has 1 heterocycles. The normalized spacial score (nSPS) is 10.0. The highest BCUT2D eigenvalue weighted by molar-refractivity contribution is 5.85. The van der Waals surface area contributed by atoms with Crippen LogP contribution in [0.25, 0.3) is 10.9 Å². The molecule has 0 unspecified atom stereocenters. The van der Waals surface area contributed by atoms with Gasteiger partial charge in [0, 0.05) is 5.39 Å². The smallest absolute Gasteiger partial charge is 0.143 e. The van der Waals surface area contributed by atoms with Crippen LogP contribution in [0.3, 0.4) is 0 Å². The minimum atomic E-state index is 0. The molecule has 86 valence electrons. The summed E-state index contributed by atoms with van der Waals surface area (Å²) in [5.41, 5.74) is 7.20. The molecule has 0 aliphatic rings. The van der Waals surface area contributed by atoms with E-state index >= 15 is 0 Å². The molecule has 0 spiro atoms. The molecule has 0 aliphatic heterocycles. The number of hydrogen-bond acceptors (Lipinski definition) is 3. The van der Waals surface area contributed by atoms with E-state index in [1.165, 1.54) is 11.1 Å². The third-order valence-electron chi connectivity index (χ3n) is 2.76. The summed E-state index contributed by atoms with van der Waals surface area (Å²) in [7, 11) is 0. The number of nitrogens with two attached hydrogens (primary N) is 1. The zero-order chi connectivity index (χ0) is 11.0. The molecule has 1 aromatic heterocycles. The van der Waals surface area contributed by atoms with E-state index in [4.69, 9.17) is 5.84 Å². The number of hydrogen-bond donors (Lipinski definition) is 2. The fourth-order valence-corrected chi connectivity index (χ4v) is 1.69. The van der Waals surface area contributed by atoms with Gasteiger partial charge in [-0.3, -0.25) is 0 Å². The van der Waals surface area contributed by atoms with Crippen molar-refractivity contribution in [1.29, 1.82) is 0 Å². The standard InChI is InChI=1S/C12H15N3.ClH/c1-7-4-10-5-9(3)12(15-13)14-11(10)6-8(7)2;/h4-6H,13H2,1-3H3,(H,14,15);1H. The van der Waals surface area contributed by atoms with Crippen molar-refractivity contribution in [3.63, 3.8) is 0 Å². The molecule has 3 nitrogen and oxygen atoms in total. The lowest BCUT2D eigenvalue weighted by Crippen LogP contribution is -2.10. The first-order valence-corrected chi connectivity index (χ1v) is 4.97. The Kier molecular flexibility index (Phi) is 3.73. The monoisotopic (exact) mass is 237 g/mol. The van der Waals surface area contributed by atoms with Crippen LogP contribution in [-0.2, 0) is 0 Å². The van der Waals surface area contributed by atoms with Crippen molar-refractivity contribution < 1.29 is 0 Å². The zero-order valence-corrected chi connectivity index (χ0v) is 10.5. The number of fused-ring (bicyclic) bond motifs is 1. The molecule has 1 aromatic carbocycles. The lowest BCUT2D eigenvalue weighted by Gasteiger charge is -2.08. The predicted octanol–water partition coefficient (Wildman–Crippen LogP) is 2.87. The number of nitrogen functional groups attached to an aromatic ring is 1. The van der Waals surface area contributed by atoms with Crippen LogP contribution >= 0.6 is 12.4 Å². The second kappa shape index (κ2) is 4.68. The molecule has 2 aromatic rings. The van der Waals surface area contributed by atoms with Crippen LogP contribution in [-0.4, -0.2) is 4.98 Å².